The molecule has 1 N–H and O–H groups in total. The summed E-state index contributed by atoms with van der Waals surface area (Å²) in [5.74, 6) is 1.52. The van der Waals surface area contributed by atoms with E-state index in [-0.39, 0.29) is 0 Å². The van der Waals surface area contributed by atoms with Crippen LogP contribution in [0.15, 0.2) is 33.5 Å². The standard InChI is InChI=1S/C9H8Br2N4/c1-15-3-2-8(14-15)13-9-7(11)4-6(10)5-12-9/h2-5H,1H3,(H,12,13,14). The predicted molar refractivity (Wildman–Crippen MR) is 66.1 cm³/mol. The Labute approximate surface area is 104 Å². The van der Waals surface area contributed by atoms with E-state index >= 15 is 0 Å². The fourth-order valence-electron chi connectivity index (χ4n) is 1.11. The van der Waals surface area contributed by atoms with E-state index < -0.39 is 0 Å². The van der Waals surface area contributed by atoms with Gasteiger partial charge in [-0.3, -0.25) is 4.68 Å². The zero-order valence-electron chi connectivity index (χ0n) is 7.91. The molecule has 15 heavy (non-hydrogen) atoms. The highest BCUT2D eigenvalue weighted by atomic mass is 79.9. The second-order valence-electron chi connectivity index (χ2n) is 2.98. The maximum atomic E-state index is 4.23. The molecule has 4 nitrogen and oxygen atoms in total. The van der Waals surface area contributed by atoms with Crippen LogP contribution in [0.3, 0.4) is 0 Å². The molecule has 0 fully saturated rings. The summed E-state index contributed by atoms with van der Waals surface area (Å²) in [4.78, 5) is 4.23. The number of hydrogen-bond acceptors (Lipinski definition) is 3. The van der Waals surface area contributed by atoms with Gasteiger partial charge in [0.1, 0.15) is 5.82 Å². The number of aryl methyl sites for hydroxylation is 1. The minimum Gasteiger partial charge on any atom is -0.323 e. The molecule has 0 aromatic carbocycles. The number of rotatable bonds is 2. The van der Waals surface area contributed by atoms with E-state index in [4.69, 9.17) is 0 Å². The van der Waals surface area contributed by atoms with Crippen molar-refractivity contribution in [2.24, 2.45) is 7.05 Å². The van der Waals surface area contributed by atoms with Gasteiger partial charge in [0.25, 0.3) is 0 Å². The van der Waals surface area contributed by atoms with E-state index in [1.165, 1.54) is 0 Å². The van der Waals surface area contributed by atoms with Crippen LogP contribution in [0.1, 0.15) is 0 Å². The molecule has 2 heterocycles. The van der Waals surface area contributed by atoms with Gasteiger partial charge in [0.05, 0.1) is 4.47 Å². The molecule has 0 aliphatic heterocycles. The van der Waals surface area contributed by atoms with Crippen molar-refractivity contribution in [2.45, 2.75) is 0 Å². The summed E-state index contributed by atoms with van der Waals surface area (Å²) in [5.41, 5.74) is 0. The third-order valence-electron chi connectivity index (χ3n) is 1.77. The lowest BCUT2D eigenvalue weighted by molar-refractivity contribution is 0.771. The van der Waals surface area contributed by atoms with Crippen molar-refractivity contribution < 1.29 is 0 Å². The van der Waals surface area contributed by atoms with E-state index in [1.54, 1.807) is 10.9 Å². The van der Waals surface area contributed by atoms with E-state index in [0.29, 0.717) is 0 Å². The molecule has 0 spiro atoms. The van der Waals surface area contributed by atoms with Crippen molar-refractivity contribution in [3.05, 3.63) is 33.5 Å². The first kappa shape index (κ1) is 10.6. The lowest BCUT2D eigenvalue weighted by atomic mass is 10.4. The Hall–Kier alpha value is -0.880. The Balaban J connectivity index is 2.24. The average molecular weight is 332 g/mol. The first-order valence-corrected chi connectivity index (χ1v) is 5.81. The quantitative estimate of drug-likeness (QED) is 0.919. The van der Waals surface area contributed by atoms with Crippen LogP contribution in [0.25, 0.3) is 0 Å². The fourth-order valence-corrected chi connectivity index (χ4v) is 2.20. The smallest absolute Gasteiger partial charge is 0.153 e. The summed E-state index contributed by atoms with van der Waals surface area (Å²) in [6.45, 7) is 0. The van der Waals surface area contributed by atoms with Gasteiger partial charge < -0.3 is 5.32 Å². The van der Waals surface area contributed by atoms with Gasteiger partial charge in [-0.15, -0.1) is 0 Å². The highest BCUT2D eigenvalue weighted by Gasteiger charge is 2.03. The van der Waals surface area contributed by atoms with Crippen molar-refractivity contribution in [1.29, 1.82) is 0 Å². The largest absolute Gasteiger partial charge is 0.323 e. The van der Waals surface area contributed by atoms with Crippen molar-refractivity contribution in [3.8, 4) is 0 Å². The number of hydrogen-bond donors (Lipinski definition) is 1. The molecule has 2 aromatic heterocycles. The number of nitrogens with one attached hydrogen (secondary N) is 1. The third kappa shape index (κ3) is 2.57. The lowest BCUT2D eigenvalue weighted by Crippen LogP contribution is -1.96. The number of nitrogens with zero attached hydrogens (tertiary/aromatic N) is 3. The Bertz CT molecular complexity index is 481. The minimum absolute atomic E-state index is 0.747. The molecule has 0 aliphatic carbocycles. The normalized spacial score (nSPS) is 10.3. The fraction of sp³-hybridized carbons (Fsp3) is 0.111. The maximum absolute atomic E-state index is 4.23. The average Bonchev–Trinajstić information content (AvgIpc) is 2.56. The maximum Gasteiger partial charge on any atom is 0.153 e. The van der Waals surface area contributed by atoms with Crippen LogP contribution in [0, 0.1) is 0 Å². The van der Waals surface area contributed by atoms with E-state index in [1.807, 2.05) is 25.4 Å². The van der Waals surface area contributed by atoms with Gasteiger partial charge in [-0.1, -0.05) is 0 Å². The summed E-state index contributed by atoms with van der Waals surface area (Å²) in [7, 11) is 1.87. The van der Waals surface area contributed by atoms with E-state index in [2.05, 4.69) is 47.3 Å². The number of halogens is 2. The second-order valence-corrected chi connectivity index (χ2v) is 4.75. The molecule has 0 saturated carbocycles. The van der Waals surface area contributed by atoms with E-state index in [0.717, 1.165) is 20.6 Å². The van der Waals surface area contributed by atoms with Gasteiger partial charge in [0.2, 0.25) is 0 Å². The van der Waals surface area contributed by atoms with Crippen molar-refractivity contribution in [3.63, 3.8) is 0 Å². The first-order valence-electron chi connectivity index (χ1n) is 4.23. The van der Waals surface area contributed by atoms with Gasteiger partial charge in [-0.2, -0.15) is 5.10 Å². The van der Waals surface area contributed by atoms with Gasteiger partial charge >= 0.3 is 0 Å². The highest BCUT2D eigenvalue weighted by Crippen LogP contribution is 2.25. The Kier molecular flexibility index (Phi) is 3.06. The Morgan fingerprint density at radius 1 is 1.40 bits per heavy atom. The lowest BCUT2D eigenvalue weighted by Gasteiger charge is -2.04. The highest BCUT2D eigenvalue weighted by molar-refractivity contribution is 9.11. The summed E-state index contributed by atoms with van der Waals surface area (Å²) < 4.78 is 3.55. The third-order valence-corrected chi connectivity index (χ3v) is 2.81. The molecular formula is C9H8Br2N4. The van der Waals surface area contributed by atoms with Crippen LogP contribution in [-0.4, -0.2) is 14.8 Å². The van der Waals surface area contributed by atoms with Gasteiger partial charge in [0.15, 0.2) is 5.82 Å². The molecule has 0 saturated heterocycles. The van der Waals surface area contributed by atoms with Gasteiger partial charge in [-0.05, 0) is 37.9 Å². The molecule has 0 unspecified atom stereocenters. The molecule has 78 valence electrons. The van der Waals surface area contributed by atoms with Crippen LogP contribution < -0.4 is 5.32 Å². The molecule has 6 heteroatoms. The SMILES string of the molecule is Cn1ccc(Nc2ncc(Br)cc2Br)n1. The molecule has 0 amide bonds. The van der Waals surface area contributed by atoms with Crippen LogP contribution >= 0.6 is 31.9 Å². The Morgan fingerprint density at radius 2 is 2.20 bits per heavy atom. The van der Waals surface area contributed by atoms with Gasteiger partial charge in [0, 0.05) is 30.0 Å². The predicted octanol–water partition coefficient (Wildman–Crippen LogP) is 3.08. The minimum atomic E-state index is 0.747. The molecule has 0 aliphatic rings. The molecule has 0 atom stereocenters. The monoisotopic (exact) mass is 330 g/mol. The van der Waals surface area contributed by atoms with Crippen LogP contribution in [-0.2, 0) is 7.05 Å². The molecule has 2 rings (SSSR count). The zero-order chi connectivity index (χ0) is 10.8. The number of anilines is 2. The number of pyridine rings is 1. The summed E-state index contributed by atoms with van der Waals surface area (Å²) in [6, 6.07) is 3.81. The topological polar surface area (TPSA) is 42.7 Å². The molecule has 0 bridgehead atoms. The van der Waals surface area contributed by atoms with Crippen LogP contribution in [0.2, 0.25) is 0 Å². The van der Waals surface area contributed by atoms with Gasteiger partial charge in [-0.25, -0.2) is 4.98 Å². The molecule has 0 radical (unpaired) electrons. The molecule has 2 aromatic rings. The summed E-state index contributed by atoms with van der Waals surface area (Å²) in [6.07, 6.45) is 3.60. The van der Waals surface area contributed by atoms with Crippen LogP contribution in [0.5, 0.6) is 0 Å². The number of aromatic nitrogens is 3. The van der Waals surface area contributed by atoms with Crippen molar-refractivity contribution in [1.82, 2.24) is 14.8 Å². The molecular weight excluding hydrogens is 324 g/mol. The Morgan fingerprint density at radius 3 is 2.80 bits per heavy atom. The van der Waals surface area contributed by atoms with Crippen molar-refractivity contribution in [2.75, 3.05) is 5.32 Å². The first-order chi connectivity index (χ1) is 7.15. The summed E-state index contributed by atoms with van der Waals surface area (Å²) in [5, 5.41) is 7.31. The van der Waals surface area contributed by atoms with E-state index in [9.17, 15) is 0 Å². The summed E-state index contributed by atoms with van der Waals surface area (Å²) >= 11 is 6.77. The second kappa shape index (κ2) is 4.32. The van der Waals surface area contributed by atoms with Crippen molar-refractivity contribution >= 4 is 43.5 Å². The zero-order valence-corrected chi connectivity index (χ0v) is 11.1. The van der Waals surface area contributed by atoms with Crippen LogP contribution in [0.4, 0.5) is 11.6 Å².